The van der Waals surface area contributed by atoms with E-state index < -0.39 is 0 Å². The molecule has 4 nitrogen and oxygen atoms in total. The number of hydrogen-bond acceptors (Lipinski definition) is 3. The molecule has 0 amide bonds. The first-order chi connectivity index (χ1) is 11.4. The van der Waals surface area contributed by atoms with Crippen molar-refractivity contribution < 1.29 is 4.74 Å². The van der Waals surface area contributed by atoms with E-state index in [2.05, 4.69) is 22.5 Å². The van der Waals surface area contributed by atoms with Gasteiger partial charge in [-0.1, -0.05) is 48.5 Å². The molecule has 1 N–H and O–H groups in total. The quantitative estimate of drug-likeness (QED) is 0.679. The van der Waals surface area contributed by atoms with Crippen molar-refractivity contribution in [2.45, 2.75) is 6.42 Å². The Morgan fingerprint density at radius 3 is 2.39 bits per heavy atom. The number of benzene rings is 2. The molecule has 0 atom stereocenters. The summed E-state index contributed by atoms with van der Waals surface area (Å²) in [6, 6.07) is 20.3. The maximum absolute atomic E-state index is 5.92. The van der Waals surface area contributed by atoms with Crippen molar-refractivity contribution in [2.75, 3.05) is 20.2 Å². The molecule has 0 fully saturated rings. The number of ether oxygens (including phenoxy) is 1. The van der Waals surface area contributed by atoms with Crippen molar-refractivity contribution in [2.24, 2.45) is 0 Å². The summed E-state index contributed by atoms with van der Waals surface area (Å²) in [6.45, 7) is 1.58. The second-order valence-electron chi connectivity index (χ2n) is 5.30. The van der Waals surface area contributed by atoms with Crippen LogP contribution >= 0.6 is 0 Å². The molecule has 0 radical (unpaired) electrons. The first-order valence-corrected chi connectivity index (χ1v) is 7.86. The number of nitrogens with zero attached hydrogens (tertiary/aromatic N) is 2. The number of hydrogen-bond donors (Lipinski definition) is 1. The van der Waals surface area contributed by atoms with Crippen LogP contribution in [-0.4, -0.2) is 30.0 Å². The smallest absolute Gasteiger partial charge is 0.241 e. The normalized spacial score (nSPS) is 10.7. The van der Waals surface area contributed by atoms with Crippen LogP contribution in [0.25, 0.3) is 16.8 Å². The molecule has 0 saturated heterocycles. The zero-order chi connectivity index (χ0) is 15.9. The van der Waals surface area contributed by atoms with Crippen LogP contribution in [0.1, 0.15) is 6.42 Å². The summed E-state index contributed by atoms with van der Waals surface area (Å²) in [4.78, 5) is 0. The van der Waals surface area contributed by atoms with Gasteiger partial charge in [-0.05, 0) is 37.7 Å². The minimum absolute atomic E-state index is 0.645. The summed E-state index contributed by atoms with van der Waals surface area (Å²) in [7, 11) is 1.94. The summed E-state index contributed by atoms with van der Waals surface area (Å²) in [5.41, 5.74) is 3.15. The Balaban J connectivity index is 1.90. The van der Waals surface area contributed by atoms with Crippen molar-refractivity contribution in [3.8, 4) is 22.7 Å². The van der Waals surface area contributed by atoms with Gasteiger partial charge in [-0.3, -0.25) is 0 Å². The zero-order valence-electron chi connectivity index (χ0n) is 13.3. The molecule has 2 aromatic carbocycles. The van der Waals surface area contributed by atoms with Crippen molar-refractivity contribution in [3.05, 3.63) is 66.9 Å². The molecule has 0 aliphatic heterocycles. The van der Waals surface area contributed by atoms with Gasteiger partial charge in [-0.2, -0.15) is 0 Å². The van der Waals surface area contributed by atoms with Crippen LogP contribution < -0.4 is 10.1 Å². The second-order valence-corrected chi connectivity index (χ2v) is 5.30. The van der Waals surface area contributed by atoms with Gasteiger partial charge in [0.15, 0.2) is 0 Å². The second kappa shape index (κ2) is 7.61. The van der Waals surface area contributed by atoms with E-state index in [1.165, 1.54) is 0 Å². The Kier molecular flexibility index (Phi) is 5.06. The Hall–Kier alpha value is -2.59. The molecule has 1 heterocycles. The standard InChI is InChI=1S/C19H21N3O/c1-20-13-8-14-23-19-18(16-9-4-2-5-10-16)15-22(21-19)17-11-6-3-7-12-17/h2-7,9-12,15,20H,8,13-14H2,1H3. The largest absolute Gasteiger partial charge is 0.476 e. The van der Waals surface area contributed by atoms with Crippen LogP contribution in [0.3, 0.4) is 0 Å². The van der Waals surface area contributed by atoms with E-state index in [0.717, 1.165) is 29.8 Å². The molecule has 0 unspecified atom stereocenters. The lowest BCUT2D eigenvalue weighted by Crippen LogP contribution is -2.11. The Morgan fingerprint density at radius 1 is 1.00 bits per heavy atom. The highest BCUT2D eigenvalue weighted by Gasteiger charge is 2.13. The summed E-state index contributed by atoms with van der Waals surface area (Å²) in [5, 5.41) is 7.75. The minimum atomic E-state index is 0.645. The number of para-hydroxylation sites is 1. The van der Waals surface area contributed by atoms with Gasteiger partial charge in [-0.15, -0.1) is 5.10 Å². The monoisotopic (exact) mass is 307 g/mol. The molecule has 3 aromatic rings. The number of aromatic nitrogens is 2. The Labute approximate surface area is 136 Å². The fraction of sp³-hybridized carbons (Fsp3) is 0.211. The van der Waals surface area contributed by atoms with Crippen LogP contribution in [0.15, 0.2) is 66.9 Å². The van der Waals surface area contributed by atoms with Gasteiger partial charge in [0.25, 0.3) is 0 Å². The number of rotatable bonds is 7. The van der Waals surface area contributed by atoms with E-state index >= 15 is 0 Å². The van der Waals surface area contributed by atoms with E-state index in [4.69, 9.17) is 4.74 Å². The van der Waals surface area contributed by atoms with Crippen molar-refractivity contribution in [3.63, 3.8) is 0 Å². The molecular weight excluding hydrogens is 286 g/mol. The molecule has 0 bridgehead atoms. The lowest BCUT2D eigenvalue weighted by Gasteiger charge is -2.05. The highest BCUT2D eigenvalue weighted by Crippen LogP contribution is 2.30. The fourth-order valence-corrected chi connectivity index (χ4v) is 2.41. The third kappa shape index (κ3) is 3.79. The van der Waals surface area contributed by atoms with Gasteiger partial charge in [0.1, 0.15) is 0 Å². The van der Waals surface area contributed by atoms with E-state index in [0.29, 0.717) is 12.5 Å². The maximum atomic E-state index is 5.92. The molecule has 0 aliphatic rings. The summed E-state index contributed by atoms with van der Waals surface area (Å²) in [5.74, 6) is 0.677. The maximum Gasteiger partial charge on any atom is 0.241 e. The van der Waals surface area contributed by atoms with Gasteiger partial charge in [-0.25, -0.2) is 4.68 Å². The Bertz CT molecular complexity index is 723. The molecular formula is C19H21N3O. The predicted octanol–water partition coefficient (Wildman–Crippen LogP) is 3.53. The molecule has 3 rings (SSSR count). The zero-order valence-corrected chi connectivity index (χ0v) is 13.3. The van der Waals surface area contributed by atoms with Crippen LogP contribution in [0.5, 0.6) is 5.88 Å². The predicted molar refractivity (Wildman–Crippen MR) is 93.0 cm³/mol. The average molecular weight is 307 g/mol. The van der Waals surface area contributed by atoms with Gasteiger partial charge in [0, 0.05) is 6.20 Å². The summed E-state index contributed by atoms with van der Waals surface area (Å²) in [6.07, 6.45) is 2.97. The molecule has 4 heteroatoms. The summed E-state index contributed by atoms with van der Waals surface area (Å²) < 4.78 is 7.79. The van der Waals surface area contributed by atoms with Gasteiger partial charge < -0.3 is 10.1 Å². The molecule has 23 heavy (non-hydrogen) atoms. The summed E-state index contributed by atoms with van der Waals surface area (Å²) >= 11 is 0. The van der Waals surface area contributed by atoms with Crippen LogP contribution in [0.4, 0.5) is 0 Å². The first kappa shape index (κ1) is 15.3. The van der Waals surface area contributed by atoms with E-state index in [9.17, 15) is 0 Å². The van der Waals surface area contributed by atoms with Gasteiger partial charge in [0.2, 0.25) is 5.88 Å². The average Bonchev–Trinajstić information content (AvgIpc) is 3.04. The molecule has 0 saturated carbocycles. The highest BCUT2D eigenvalue weighted by atomic mass is 16.5. The topological polar surface area (TPSA) is 39.1 Å². The van der Waals surface area contributed by atoms with E-state index in [1.807, 2.05) is 66.5 Å². The first-order valence-electron chi connectivity index (χ1n) is 7.86. The van der Waals surface area contributed by atoms with Crippen LogP contribution in [-0.2, 0) is 0 Å². The van der Waals surface area contributed by atoms with E-state index in [1.54, 1.807) is 0 Å². The fourth-order valence-electron chi connectivity index (χ4n) is 2.41. The third-order valence-corrected chi connectivity index (χ3v) is 3.60. The van der Waals surface area contributed by atoms with Crippen molar-refractivity contribution >= 4 is 0 Å². The molecule has 0 spiro atoms. The third-order valence-electron chi connectivity index (χ3n) is 3.60. The van der Waals surface area contributed by atoms with Crippen LogP contribution in [0.2, 0.25) is 0 Å². The minimum Gasteiger partial charge on any atom is -0.476 e. The van der Waals surface area contributed by atoms with Crippen molar-refractivity contribution in [1.82, 2.24) is 15.1 Å². The lowest BCUT2D eigenvalue weighted by molar-refractivity contribution is 0.297. The van der Waals surface area contributed by atoms with Crippen molar-refractivity contribution in [1.29, 1.82) is 0 Å². The SMILES string of the molecule is CNCCCOc1nn(-c2ccccc2)cc1-c1ccccc1. The Morgan fingerprint density at radius 2 is 1.70 bits per heavy atom. The molecule has 0 aliphatic carbocycles. The van der Waals surface area contributed by atoms with Gasteiger partial charge >= 0.3 is 0 Å². The number of nitrogens with one attached hydrogen (secondary N) is 1. The molecule has 1 aromatic heterocycles. The lowest BCUT2D eigenvalue weighted by atomic mass is 10.1. The van der Waals surface area contributed by atoms with Crippen LogP contribution in [0, 0.1) is 0 Å². The van der Waals surface area contributed by atoms with Gasteiger partial charge in [0.05, 0.1) is 17.9 Å². The molecule has 118 valence electrons. The highest BCUT2D eigenvalue weighted by molar-refractivity contribution is 5.68. The van der Waals surface area contributed by atoms with E-state index in [-0.39, 0.29) is 0 Å².